The minimum atomic E-state index is -5.17. The van der Waals surface area contributed by atoms with Crippen molar-refractivity contribution in [2.75, 3.05) is 0 Å². The minimum absolute atomic E-state index is 0.0317. The van der Waals surface area contributed by atoms with Crippen molar-refractivity contribution in [2.24, 2.45) is 0 Å². The highest BCUT2D eigenvalue weighted by Crippen LogP contribution is 2.36. The molecule has 0 aliphatic heterocycles. The fourth-order valence-electron chi connectivity index (χ4n) is 5.06. The molecule has 1 N–H and O–H groups in total. The molecule has 7 nitrogen and oxygen atoms in total. The van der Waals surface area contributed by atoms with E-state index in [0.717, 1.165) is 40.4 Å². The van der Waals surface area contributed by atoms with Crippen LogP contribution in [0.15, 0.2) is 59.4 Å². The first-order chi connectivity index (χ1) is 18.1. The molecule has 2 heterocycles. The van der Waals surface area contributed by atoms with E-state index in [2.05, 4.69) is 26.7 Å². The maximum atomic E-state index is 14.0. The van der Waals surface area contributed by atoms with E-state index < -0.39 is 10.5 Å². The molecule has 0 aliphatic carbocycles. The molecular weight excluding hydrogens is 505 g/mol. The van der Waals surface area contributed by atoms with E-state index >= 15 is 0 Å². The monoisotopic (exact) mass is 531 g/mol. The zero-order valence-electron chi connectivity index (χ0n) is 21.2. The van der Waals surface area contributed by atoms with E-state index in [1.807, 2.05) is 32.0 Å². The number of unbranched alkanes of at least 4 members (excludes halogenated alkanes) is 1. The molecule has 0 spiro atoms. The fraction of sp³-hybridized carbons (Fsp3) is 0.241. The number of benzene rings is 3. The van der Waals surface area contributed by atoms with E-state index in [0.29, 0.717) is 34.1 Å². The van der Waals surface area contributed by atoms with E-state index in [9.17, 15) is 22.4 Å². The first-order valence-corrected chi connectivity index (χ1v) is 13.7. The number of hydrogen-bond acceptors (Lipinski definition) is 5. The van der Waals surface area contributed by atoms with Gasteiger partial charge in [-0.2, -0.15) is 13.7 Å². The molecule has 0 atom stereocenters. The van der Waals surface area contributed by atoms with Gasteiger partial charge in [-0.3, -0.25) is 4.79 Å². The van der Waals surface area contributed by atoms with Crippen LogP contribution in [0.25, 0.3) is 44.0 Å². The van der Waals surface area contributed by atoms with Crippen molar-refractivity contribution >= 4 is 43.3 Å². The number of nitrogens with one attached hydrogen (secondary N) is 1. The summed E-state index contributed by atoms with van der Waals surface area (Å²) < 4.78 is 41.9. The average molecular weight is 532 g/mol. The predicted octanol–water partition coefficient (Wildman–Crippen LogP) is 6.69. The lowest BCUT2D eigenvalue weighted by molar-refractivity contribution is 0.440. The molecule has 38 heavy (non-hydrogen) atoms. The molecule has 0 amide bonds. The number of rotatable bonds is 7. The van der Waals surface area contributed by atoms with Gasteiger partial charge >= 0.3 is 10.5 Å². The highest BCUT2D eigenvalue weighted by atomic mass is 32.3. The highest BCUT2D eigenvalue weighted by Gasteiger charge is 2.20. The Labute approximate surface area is 219 Å². The van der Waals surface area contributed by atoms with Crippen LogP contribution in [0.1, 0.15) is 50.7 Å². The van der Waals surface area contributed by atoms with Crippen LogP contribution in [0, 0.1) is 11.3 Å². The number of aromatic amines is 1. The summed E-state index contributed by atoms with van der Waals surface area (Å²) in [4.78, 5) is 17.3. The molecule has 5 aromatic rings. The molecule has 194 valence electrons. The number of nitriles is 1. The molecule has 0 saturated heterocycles. The summed E-state index contributed by atoms with van der Waals surface area (Å²) in [5, 5.41) is 11.3. The second kappa shape index (κ2) is 9.62. The van der Waals surface area contributed by atoms with Gasteiger partial charge in [-0.25, -0.2) is 0 Å². The number of halogens is 1. The Morgan fingerprint density at radius 3 is 2.58 bits per heavy atom. The van der Waals surface area contributed by atoms with Gasteiger partial charge in [0.2, 0.25) is 0 Å². The number of nitrogens with zero attached hydrogens (tertiary/aromatic N) is 2. The number of pyridine rings is 1. The first-order valence-electron chi connectivity index (χ1n) is 12.4. The Morgan fingerprint density at radius 2 is 1.89 bits per heavy atom. The third kappa shape index (κ3) is 4.52. The molecule has 0 fully saturated rings. The molecule has 2 aromatic heterocycles. The molecule has 0 aliphatic rings. The van der Waals surface area contributed by atoms with Gasteiger partial charge in [-0.05, 0) is 65.4 Å². The minimum Gasteiger partial charge on any atom is -0.358 e. The highest BCUT2D eigenvalue weighted by molar-refractivity contribution is 7.81. The normalized spacial score (nSPS) is 12.0. The van der Waals surface area contributed by atoms with E-state index in [1.54, 1.807) is 24.3 Å². The second-order valence-electron chi connectivity index (χ2n) is 9.67. The van der Waals surface area contributed by atoms with Gasteiger partial charge in [-0.1, -0.05) is 49.3 Å². The Morgan fingerprint density at radius 1 is 1.11 bits per heavy atom. The summed E-state index contributed by atoms with van der Waals surface area (Å²) in [7, 11) is -5.17. The Hall–Kier alpha value is -4.16. The summed E-state index contributed by atoms with van der Waals surface area (Å²) in [5.74, 6) is -0.105. The third-order valence-corrected chi connectivity index (χ3v) is 7.20. The Bertz CT molecular complexity index is 1930. The topological polar surface area (TPSA) is 105 Å². The first kappa shape index (κ1) is 25.5. The lowest BCUT2D eigenvalue weighted by Gasteiger charge is -2.19. The van der Waals surface area contributed by atoms with Crippen LogP contribution in [0.2, 0.25) is 0 Å². The van der Waals surface area contributed by atoms with Gasteiger partial charge in [0, 0.05) is 22.8 Å². The summed E-state index contributed by atoms with van der Waals surface area (Å²) in [5.41, 5.74) is 4.86. The van der Waals surface area contributed by atoms with Crippen LogP contribution in [0.3, 0.4) is 0 Å². The lowest BCUT2D eigenvalue weighted by Crippen LogP contribution is -2.12. The van der Waals surface area contributed by atoms with Gasteiger partial charge in [0.1, 0.15) is 11.4 Å². The van der Waals surface area contributed by atoms with Crippen molar-refractivity contribution in [3.05, 3.63) is 75.9 Å². The summed E-state index contributed by atoms with van der Waals surface area (Å²) in [6, 6.07) is 17.5. The summed E-state index contributed by atoms with van der Waals surface area (Å²) >= 11 is 0. The quantitative estimate of drug-likeness (QED) is 0.236. The van der Waals surface area contributed by atoms with Crippen LogP contribution in [-0.2, 0) is 17.0 Å². The number of aryl methyl sites for hydroxylation is 1. The van der Waals surface area contributed by atoms with Crippen LogP contribution in [-0.4, -0.2) is 18.0 Å². The zero-order chi connectivity index (χ0) is 27.2. The Kier molecular flexibility index (Phi) is 6.45. The van der Waals surface area contributed by atoms with Crippen LogP contribution < -0.4 is 9.61 Å². The largest absolute Gasteiger partial charge is 0.488 e. The Balaban J connectivity index is 1.87. The van der Waals surface area contributed by atoms with Crippen molar-refractivity contribution in [1.82, 2.24) is 9.55 Å². The molecule has 0 saturated carbocycles. The maximum absolute atomic E-state index is 14.0. The van der Waals surface area contributed by atoms with Crippen molar-refractivity contribution in [3.63, 3.8) is 0 Å². The van der Waals surface area contributed by atoms with Crippen molar-refractivity contribution in [1.29, 1.82) is 5.26 Å². The number of fused-ring (bicyclic) bond motifs is 4. The number of H-pyrrole nitrogens is 1. The number of hydrogen-bond donors (Lipinski definition) is 1. The molecule has 3 aromatic carbocycles. The van der Waals surface area contributed by atoms with Crippen molar-refractivity contribution in [3.8, 4) is 22.9 Å². The zero-order valence-corrected chi connectivity index (χ0v) is 22.0. The fourth-order valence-corrected chi connectivity index (χ4v) is 5.39. The smallest absolute Gasteiger partial charge is 0.358 e. The molecule has 5 rings (SSSR count). The molecular formula is C29H26FN3O4S. The number of aromatic nitrogens is 2. The van der Waals surface area contributed by atoms with Crippen molar-refractivity contribution in [2.45, 2.75) is 46.1 Å². The predicted molar refractivity (Wildman–Crippen MR) is 147 cm³/mol. The molecule has 0 radical (unpaired) electrons. The van der Waals surface area contributed by atoms with E-state index in [-0.39, 0.29) is 17.1 Å². The maximum Gasteiger partial charge on any atom is 0.488 e. The van der Waals surface area contributed by atoms with E-state index in [1.165, 1.54) is 12.1 Å². The lowest BCUT2D eigenvalue weighted by atomic mass is 9.90. The van der Waals surface area contributed by atoms with Gasteiger partial charge in [0.05, 0.1) is 22.5 Å². The molecule has 9 heteroatoms. The van der Waals surface area contributed by atoms with Crippen LogP contribution in [0.5, 0.6) is 5.75 Å². The van der Waals surface area contributed by atoms with E-state index in [4.69, 9.17) is 0 Å². The second-order valence-corrected chi connectivity index (χ2v) is 10.6. The van der Waals surface area contributed by atoms with Gasteiger partial charge in [0.15, 0.2) is 5.43 Å². The molecule has 0 unspecified atom stereocenters. The summed E-state index contributed by atoms with van der Waals surface area (Å²) in [6.45, 7) is 6.78. The third-order valence-electron chi connectivity index (χ3n) is 6.81. The van der Waals surface area contributed by atoms with Crippen LogP contribution >= 0.6 is 0 Å². The molecule has 0 bridgehead atoms. The SMILES string of the molecule is CCCCn1c2cc(-c3cccc(OS(=O)(=O)F)c3)c(C(C)C)cc2c(=O)c2c3ccc(C#N)cc3[nH]c21. The van der Waals surface area contributed by atoms with Crippen molar-refractivity contribution < 1.29 is 16.5 Å². The van der Waals surface area contributed by atoms with Gasteiger partial charge < -0.3 is 13.7 Å². The van der Waals surface area contributed by atoms with Gasteiger partial charge in [0.25, 0.3) is 0 Å². The van der Waals surface area contributed by atoms with Gasteiger partial charge in [-0.15, -0.1) is 0 Å². The van der Waals surface area contributed by atoms with Crippen LogP contribution in [0.4, 0.5) is 3.89 Å². The standard InChI is InChI=1S/C29H26FN3O4S/c1-4-5-11-33-26-15-23(19-7-6-8-20(13-19)37-38(30,35)36)22(17(2)3)14-24(26)28(34)27-21-10-9-18(16-31)12-25(21)32-29(27)33/h6-10,12-15,17,32H,4-5,11H2,1-3H3. The average Bonchev–Trinajstić information content (AvgIpc) is 3.25. The summed E-state index contributed by atoms with van der Waals surface area (Å²) in [6.07, 6.45) is 1.83.